The highest BCUT2D eigenvalue weighted by atomic mass is 35.5. The fourth-order valence-corrected chi connectivity index (χ4v) is 2.89. The maximum absolute atomic E-state index is 12.7. The molecule has 0 atom stereocenters. The summed E-state index contributed by atoms with van der Waals surface area (Å²) < 4.78 is 5.64. The summed E-state index contributed by atoms with van der Waals surface area (Å²) in [4.78, 5) is 30.3. The number of rotatable bonds is 6. The number of imide groups is 1. The van der Waals surface area contributed by atoms with Crippen molar-refractivity contribution in [1.82, 2.24) is 9.88 Å². The van der Waals surface area contributed by atoms with Gasteiger partial charge in [-0.15, -0.1) is 0 Å². The number of benzene rings is 1. The molecule has 0 aliphatic carbocycles. The first kappa shape index (κ1) is 18.1. The molecule has 0 saturated heterocycles. The van der Waals surface area contributed by atoms with Crippen LogP contribution >= 0.6 is 11.6 Å². The van der Waals surface area contributed by atoms with Gasteiger partial charge in [0.25, 0.3) is 11.8 Å². The average molecular weight is 371 g/mol. The summed E-state index contributed by atoms with van der Waals surface area (Å²) in [5, 5.41) is -0.0604. The molecule has 0 unspecified atom stereocenters. The maximum atomic E-state index is 12.7. The molecule has 5 nitrogen and oxygen atoms in total. The van der Waals surface area contributed by atoms with Crippen molar-refractivity contribution in [3.8, 4) is 5.75 Å². The highest BCUT2D eigenvalue weighted by Gasteiger charge is 2.38. The number of carbonyl (C=O) groups excluding carboxylic acids is 2. The van der Waals surface area contributed by atoms with E-state index in [0.29, 0.717) is 23.8 Å². The van der Waals surface area contributed by atoms with Gasteiger partial charge in [0.2, 0.25) is 0 Å². The zero-order valence-corrected chi connectivity index (χ0v) is 15.4. The van der Waals surface area contributed by atoms with Gasteiger partial charge < -0.3 is 4.74 Å². The lowest BCUT2D eigenvalue weighted by atomic mass is 10.1. The molecule has 1 aromatic carbocycles. The quantitative estimate of drug-likeness (QED) is 0.728. The fraction of sp³-hybridized carbons (Fsp3) is 0.250. The molecule has 1 aliphatic rings. The molecule has 2 aromatic rings. The molecule has 134 valence electrons. The second kappa shape index (κ2) is 7.70. The number of nitrogens with zero attached hydrogens (tertiary/aromatic N) is 2. The lowest BCUT2D eigenvalue weighted by Crippen LogP contribution is -2.30. The molecular weight excluding hydrogens is 352 g/mol. The smallest absolute Gasteiger partial charge is 0.273 e. The summed E-state index contributed by atoms with van der Waals surface area (Å²) in [6.45, 7) is 4.89. The zero-order chi connectivity index (χ0) is 18.7. The van der Waals surface area contributed by atoms with E-state index in [-0.39, 0.29) is 17.2 Å². The van der Waals surface area contributed by atoms with E-state index in [9.17, 15) is 9.59 Å². The highest BCUT2D eigenvalue weighted by Crippen LogP contribution is 2.33. The molecule has 6 heteroatoms. The van der Waals surface area contributed by atoms with Crippen LogP contribution in [0.5, 0.6) is 5.75 Å². The van der Waals surface area contributed by atoms with Gasteiger partial charge >= 0.3 is 0 Å². The number of aromatic nitrogens is 1. The summed E-state index contributed by atoms with van der Waals surface area (Å²) in [5.41, 5.74) is 1.58. The van der Waals surface area contributed by atoms with Crippen molar-refractivity contribution in [2.75, 3.05) is 6.61 Å². The Bertz CT molecular complexity index is 845. The third kappa shape index (κ3) is 3.78. The highest BCUT2D eigenvalue weighted by molar-refractivity contribution is 6.55. The lowest BCUT2D eigenvalue weighted by Gasteiger charge is -2.14. The summed E-state index contributed by atoms with van der Waals surface area (Å²) in [6, 6.07) is 10.6. The fourth-order valence-electron chi connectivity index (χ4n) is 2.60. The largest absolute Gasteiger partial charge is 0.493 e. The van der Waals surface area contributed by atoms with Crippen LogP contribution in [0, 0.1) is 5.92 Å². The van der Waals surface area contributed by atoms with Gasteiger partial charge in [0.05, 0.1) is 18.7 Å². The molecule has 0 fully saturated rings. The minimum absolute atomic E-state index is 0.0604. The van der Waals surface area contributed by atoms with Crippen LogP contribution in [-0.2, 0) is 16.1 Å². The molecule has 1 aliphatic heterocycles. The third-order valence-electron chi connectivity index (χ3n) is 3.90. The van der Waals surface area contributed by atoms with Crippen LogP contribution in [0.3, 0.4) is 0 Å². The van der Waals surface area contributed by atoms with Crippen molar-refractivity contribution >= 4 is 29.0 Å². The maximum Gasteiger partial charge on any atom is 0.273 e. The minimum atomic E-state index is -0.490. The molecule has 26 heavy (non-hydrogen) atoms. The molecule has 0 saturated carbocycles. The Kier molecular flexibility index (Phi) is 5.38. The zero-order valence-electron chi connectivity index (χ0n) is 14.6. The van der Waals surface area contributed by atoms with Crippen LogP contribution in [0.1, 0.15) is 25.0 Å². The normalized spacial score (nSPS) is 14.5. The van der Waals surface area contributed by atoms with Gasteiger partial charge in [-0.1, -0.05) is 43.6 Å². The molecule has 0 spiro atoms. The Hall–Kier alpha value is -2.66. The van der Waals surface area contributed by atoms with Gasteiger partial charge in [-0.05, 0) is 35.2 Å². The average Bonchev–Trinajstić information content (AvgIpc) is 2.85. The molecule has 1 aromatic heterocycles. The Balaban J connectivity index is 1.79. The molecular formula is C20H19ClN2O3. The lowest BCUT2D eigenvalue weighted by molar-refractivity contribution is -0.137. The Labute approximate surface area is 157 Å². The van der Waals surface area contributed by atoms with E-state index in [1.54, 1.807) is 48.8 Å². The van der Waals surface area contributed by atoms with Crippen molar-refractivity contribution in [1.29, 1.82) is 0 Å². The SMILES string of the molecule is CC(C)COc1ccc(C2=C(Cl)C(=O)N(Cc3cccnc3)C2=O)cc1. The molecule has 0 bridgehead atoms. The second-order valence-electron chi connectivity index (χ2n) is 6.48. The first-order valence-electron chi connectivity index (χ1n) is 8.35. The van der Waals surface area contributed by atoms with Crippen LogP contribution in [0.25, 0.3) is 5.57 Å². The first-order valence-corrected chi connectivity index (χ1v) is 8.73. The van der Waals surface area contributed by atoms with Crippen LogP contribution in [-0.4, -0.2) is 28.3 Å². The molecule has 2 amide bonds. The van der Waals surface area contributed by atoms with Gasteiger partial charge in [-0.2, -0.15) is 0 Å². The van der Waals surface area contributed by atoms with E-state index in [4.69, 9.17) is 16.3 Å². The van der Waals surface area contributed by atoms with Crippen LogP contribution in [0.15, 0.2) is 53.8 Å². The van der Waals surface area contributed by atoms with E-state index >= 15 is 0 Å². The molecule has 0 N–H and O–H groups in total. The van der Waals surface area contributed by atoms with E-state index in [2.05, 4.69) is 18.8 Å². The van der Waals surface area contributed by atoms with Crippen molar-refractivity contribution in [2.24, 2.45) is 5.92 Å². The predicted octanol–water partition coefficient (Wildman–Crippen LogP) is 3.64. The number of hydrogen-bond donors (Lipinski definition) is 0. The number of halogens is 1. The first-order chi connectivity index (χ1) is 12.5. The Morgan fingerprint density at radius 1 is 1.12 bits per heavy atom. The van der Waals surface area contributed by atoms with Crippen molar-refractivity contribution < 1.29 is 14.3 Å². The summed E-state index contributed by atoms with van der Waals surface area (Å²) >= 11 is 6.18. The van der Waals surface area contributed by atoms with E-state index in [1.807, 2.05) is 0 Å². The van der Waals surface area contributed by atoms with Gasteiger partial charge in [0.1, 0.15) is 10.8 Å². The number of ether oxygens (including phenoxy) is 1. The number of amides is 2. The van der Waals surface area contributed by atoms with Gasteiger partial charge in [0, 0.05) is 12.4 Å². The van der Waals surface area contributed by atoms with Crippen LogP contribution < -0.4 is 4.74 Å². The van der Waals surface area contributed by atoms with Crippen LogP contribution in [0.2, 0.25) is 0 Å². The number of pyridine rings is 1. The van der Waals surface area contributed by atoms with Crippen LogP contribution in [0.4, 0.5) is 0 Å². The van der Waals surface area contributed by atoms with Crippen molar-refractivity contribution in [2.45, 2.75) is 20.4 Å². The molecule has 0 radical (unpaired) electrons. The van der Waals surface area contributed by atoms with Crippen molar-refractivity contribution in [3.63, 3.8) is 0 Å². The summed E-state index contributed by atoms with van der Waals surface area (Å²) in [6.07, 6.45) is 3.25. The van der Waals surface area contributed by atoms with E-state index in [0.717, 1.165) is 10.5 Å². The molecule has 2 heterocycles. The molecule has 3 rings (SSSR count). The summed E-state index contributed by atoms with van der Waals surface area (Å²) in [5.74, 6) is 0.236. The summed E-state index contributed by atoms with van der Waals surface area (Å²) in [7, 11) is 0. The van der Waals surface area contributed by atoms with E-state index < -0.39 is 11.8 Å². The number of carbonyl (C=O) groups is 2. The standard InChI is InChI=1S/C20H19ClN2O3/c1-13(2)12-26-16-7-5-15(6-8-16)17-18(21)20(25)23(19(17)24)11-14-4-3-9-22-10-14/h3-10,13H,11-12H2,1-2H3. The topological polar surface area (TPSA) is 59.5 Å². The van der Waals surface area contributed by atoms with Gasteiger partial charge in [-0.3, -0.25) is 19.5 Å². The van der Waals surface area contributed by atoms with Gasteiger partial charge in [0.15, 0.2) is 0 Å². The van der Waals surface area contributed by atoms with Gasteiger partial charge in [-0.25, -0.2) is 0 Å². The second-order valence-corrected chi connectivity index (χ2v) is 6.85. The number of hydrogen-bond acceptors (Lipinski definition) is 4. The predicted molar refractivity (Wildman–Crippen MR) is 99.3 cm³/mol. The Morgan fingerprint density at radius 2 is 1.85 bits per heavy atom. The monoisotopic (exact) mass is 370 g/mol. The minimum Gasteiger partial charge on any atom is -0.493 e. The Morgan fingerprint density at radius 3 is 2.46 bits per heavy atom. The third-order valence-corrected chi connectivity index (χ3v) is 4.25. The van der Waals surface area contributed by atoms with Crippen molar-refractivity contribution in [3.05, 3.63) is 65.0 Å². The van der Waals surface area contributed by atoms with E-state index in [1.165, 1.54) is 0 Å².